The van der Waals surface area contributed by atoms with E-state index in [2.05, 4.69) is 11.8 Å². The van der Waals surface area contributed by atoms with Crippen molar-refractivity contribution in [3.8, 4) is 0 Å². The molecule has 1 rings (SSSR count). The van der Waals surface area contributed by atoms with E-state index in [1.54, 1.807) is 0 Å². The average Bonchev–Trinajstić information content (AvgIpc) is 1.95. The molecule has 10 heavy (non-hydrogen) atoms. The van der Waals surface area contributed by atoms with E-state index in [-0.39, 0.29) is 0 Å². The number of hydrogen-bond acceptors (Lipinski definition) is 3. The zero-order chi connectivity index (χ0) is 7.56. The molecule has 0 bridgehead atoms. The van der Waals surface area contributed by atoms with Gasteiger partial charge < -0.3 is 15.1 Å². The highest BCUT2D eigenvalue weighted by Gasteiger charge is 2.24. The largest absolute Gasteiger partial charge is 0.390 e. The summed E-state index contributed by atoms with van der Waals surface area (Å²) in [5.41, 5.74) is 0. The van der Waals surface area contributed by atoms with E-state index < -0.39 is 12.2 Å². The quantitative estimate of drug-likeness (QED) is 0.519. The highest BCUT2D eigenvalue weighted by Crippen LogP contribution is 2.09. The number of aliphatic hydroxyl groups is 2. The molecule has 0 aromatic heterocycles. The van der Waals surface area contributed by atoms with Crippen molar-refractivity contribution in [2.45, 2.75) is 25.6 Å². The molecule has 0 aromatic rings. The fraction of sp³-hybridized carbons (Fsp3) is 1.00. The lowest BCUT2D eigenvalue weighted by Gasteiger charge is -2.32. The van der Waals surface area contributed by atoms with Crippen LogP contribution in [0.3, 0.4) is 0 Å². The first-order valence-corrected chi connectivity index (χ1v) is 3.82. The lowest BCUT2D eigenvalue weighted by Crippen LogP contribution is -2.46. The summed E-state index contributed by atoms with van der Waals surface area (Å²) < 4.78 is 0. The third kappa shape index (κ3) is 1.68. The Morgan fingerprint density at radius 1 is 1.40 bits per heavy atom. The molecule has 2 N–H and O–H groups in total. The van der Waals surface area contributed by atoms with Gasteiger partial charge in [-0.3, -0.25) is 0 Å². The minimum absolute atomic E-state index is 0.497. The van der Waals surface area contributed by atoms with E-state index in [9.17, 15) is 5.11 Å². The number of rotatable bonds is 1. The Hall–Kier alpha value is -0.120. The molecule has 1 saturated heterocycles. The van der Waals surface area contributed by atoms with Crippen LogP contribution in [0.4, 0.5) is 0 Å². The molecule has 60 valence electrons. The van der Waals surface area contributed by atoms with Crippen molar-refractivity contribution in [1.82, 2.24) is 4.90 Å². The van der Waals surface area contributed by atoms with Crippen molar-refractivity contribution in [2.24, 2.45) is 0 Å². The van der Waals surface area contributed by atoms with Gasteiger partial charge in [-0.2, -0.15) is 0 Å². The minimum atomic E-state index is -0.534. The zero-order valence-corrected chi connectivity index (χ0v) is 6.32. The van der Waals surface area contributed by atoms with E-state index >= 15 is 0 Å². The fourth-order valence-corrected chi connectivity index (χ4v) is 1.27. The van der Waals surface area contributed by atoms with E-state index in [1.165, 1.54) is 0 Å². The van der Waals surface area contributed by atoms with Gasteiger partial charge in [-0.15, -0.1) is 0 Å². The molecule has 3 nitrogen and oxygen atoms in total. The Balaban J connectivity index is 2.33. The van der Waals surface area contributed by atoms with Crippen LogP contribution in [0.25, 0.3) is 0 Å². The van der Waals surface area contributed by atoms with Gasteiger partial charge >= 0.3 is 0 Å². The lowest BCUT2D eigenvalue weighted by atomic mass is 10.1. The van der Waals surface area contributed by atoms with Crippen molar-refractivity contribution in [1.29, 1.82) is 0 Å². The number of likely N-dealkylation sites (N-methyl/N-ethyl adjacent to an activating group) is 1. The lowest BCUT2D eigenvalue weighted by molar-refractivity contribution is -0.0369. The number of aliphatic hydroxyl groups excluding tert-OH is 2. The van der Waals surface area contributed by atoms with Gasteiger partial charge in [-0.05, 0) is 13.0 Å². The molecule has 0 radical (unpaired) electrons. The SMILES string of the molecule is CCN1CC[C@H](O)[C@H](O)C1. The van der Waals surface area contributed by atoms with Crippen molar-refractivity contribution >= 4 is 0 Å². The Morgan fingerprint density at radius 3 is 2.60 bits per heavy atom. The van der Waals surface area contributed by atoms with Gasteiger partial charge in [-0.1, -0.05) is 6.92 Å². The Bertz CT molecular complexity index is 108. The topological polar surface area (TPSA) is 43.7 Å². The van der Waals surface area contributed by atoms with Crippen LogP contribution >= 0.6 is 0 Å². The van der Waals surface area contributed by atoms with E-state index in [0.717, 1.165) is 13.1 Å². The van der Waals surface area contributed by atoms with Crippen LogP contribution in [-0.4, -0.2) is 47.0 Å². The highest BCUT2D eigenvalue weighted by molar-refractivity contribution is 4.78. The first-order valence-electron chi connectivity index (χ1n) is 3.82. The number of β-amino-alcohol motifs (C(OH)–C–C–N with tert-alkyl or cyclic N) is 1. The molecule has 1 aliphatic rings. The van der Waals surface area contributed by atoms with Crippen LogP contribution in [0.2, 0.25) is 0 Å². The molecule has 1 fully saturated rings. The summed E-state index contributed by atoms with van der Waals surface area (Å²) in [5, 5.41) is 18.3. The second kappa shape index (κ2) is 3.32. The monoisotopic (exact) mass is 145 g/mol. The maximum Gasteiger partial charge on any atom is 0.0926 e. The van der Waals surface area contributed by atoms with Crippen LogP contribution in [0.1, 0.15) is 13.3 Å². The summed E-state index contributed by atoms with van der Waals surface area (Å²) in [6, 6.07) is 0. The summed E-state index contributed by atoms with van der Waals surface area (Å²) in [6.45, 7) is 4.56. The smallest absolute Gasteiger partial charge is 0.0926 e. The maximum absolute atomic E-state index is 9.19. The Labute approximate surface area is 61.3 Å². The summed E-state index contributed by atoms with van der Waals surface area (Å²) in [7, 11) is 0. The summed E-state index contributed by atoms with van der Waals surface area (Å²) in [6.07, 6.45) is -0.328. The predicted molar refractivity (Wildman–Crippen MR) is 38.7 cm³/mol. The molecule has 0 saturated carbocycles. The van der Waals surface area contributed by atoms with Crippen molar-refractivity contribution < 1.29 is 10.2 Å². The first kappa shape index (κ1) is 7.98. The third-order valence-electron chi connectivity index (χ3n) is 2.08. The predicted octanol–water partition coefficient (Wildman–Crippen LogP) is -0.566. The summed E-state index contributed by atoms with van der Waals surface area (Å²) >= 11 is 0. The van der Waals surface area contributed by atoms with Crippen LogP contribution in [-0.2, 0) is 0 Å². The van der Waals surface area contributed by atoms with Gasteiger partial charge in [0, 0.05) is 13.1 Å². The molecule has 0 amide bonds. The van der Waals surface area contributed by atoms with Crippen molar-refractivity contribution in [3.63, 3.8) is 0 Å². The van der Waals surface area contributed by atoms with Crippen molar-refractivity contribution in [2.75, 3.05) is 19.6 Å². The molecular formula is C7H15NO2. The van der Waals surface area contributed by atoms with E-state index in [0.29, 0.717) is 13.0 Å². The molecule has 1 aliphatic heterocycles. The number of hydrogen-bond donors (Lipinski definition) is 2. The van der Waals surface area contributed by atoms with Crippen LogP contribution in [0, 0.1) is 0 Å². The minimum Gasteiger partial charge on any atom is -0.390 e. The number of nitrogens with zero attached hydrogens (tertiary/aromatic N) is 1. The summed E-state index contributed by atoms with van der Waals surface area (Å²) in [4.78, 5) is 2.14. The highest BCUT2D eigenvalue weighted by atomic mass is 16.3. The second-order valence-electron chi connectivity index (χ2n) is 2.82. The second-order valence-corrected chi connectivity index (χ2v) is 2.82. The van der Waals surface area contributed by atoms with Gasteiger partial charge in [0.25, 0.3) is 0 Å². The molecular weight excluding hydrogens is 130 g/mol. The Kier molecular flexibility index (Phi) is 2.65. The van der Waals surface area contributed by atoms with Gasteiger partial charge in [0.05, 0.1) is 12.2 Å². The molecule has 0 aliphatic carbocycles. The van der Waals surface area contributed by atoms with Crippen LogP contribution in [0.15, 0.2) is 0 Å². The molecule has 1 heterocycles. The molecule has 0 aromatic carbocycles. The van der Waals surface area contributed by atoms with Gasteiger partial charge in [0.1, 0.15) is 0 Å². The van der Waals surface area contributed by atoms with Crippen molar-refractivity contribution in [3.05, 3.63) is 0 Å². The van der Waals surface area contributed by atoms with Gasteiger partial charge in [-0.25, -0.2) is 0 Å². The van der Waals surface area contributed by atoms with E-state index in [4.69, 9.17) is 5.11 Å². The van der Waals surface area contributed by atoms with E-state index in [1.807, 2.05) is 0 Å². The standard InChI is InChI=1S/C7H15NO2/c1-2-8-4-3-6(9)7(10)5-8/h6-7,9-10H,2-5H2,1H3/t6-,7+/m0/s1. The fourth-order valence-electron chi connectivity index (χ4n) is 1.27. The number of likely N-dealkylation sites (tertiary alicyclic amines) is 1. The molecule has 0 spiro atoms. The van der Waals surface area contributed by atoms with Gasteiger partial charge in [0.2, 0.25) is 0 Å². The van der Waals surface area contributed by atoms with Crippen LogP contribution < -0.4 is 0 Å². The molecule has 0 unspecified atom stereocenters. The normalized spacial score (nSPS) is 36.3. The average molecular weight is 145 g/mol. The zero-order valence-electron chi connectivity index (χ0n) is 6.32. The number of piperidine rings is 1. The molecule has 2 atom stereocenters. The van der Waals surface area contributed by atoms with Crippen LogP contribution in [0.5, 0.6) is 0 Å². The van der Waals surface area contributed by atoms with Gasteiger partial charge in [0.15, 0.2) is 0 Å². The third-order valence-corrected chi connectivity index (χ3v) is 2.08. The summed E-state index contributed by atoms with van der Waals surface area (Å²) in [5.74, 6) is 0. The maximum atomic E-state index is 9.19. The first-order chi connectivity index (χ1) is 4.74. The molecule has 3 heteroatoms. The Morgan fingerprint density at radius 2 is 2.10 bits per heavy atom.